The molecule has 0 unspecified atom stereocenters. The van der Waals surface area contributed by atoms with Crippen LogP contribution in [0.2, 0.25) is 0 Å². The molecule has 0 aliphatic heterocycles. The van der Waals surface area contributed by atoms with Crippen LogP contribution in [0.5, 0.6) is 0 Å². The average Bonchev–Trinajstić information content (AvgIpc) is 3.16. The molecule has 3 heterocycles. The van der Waals surface area contributed by atoms with Crippen molar-refractivity contribution in [2.75, 3.05) is 0 Å². The summed E-state index contributed by atoms with van der Waals surface area (Å²) in [7, 11) is 0. The first kappa shape index (κ1) is 11.5. The average molecular weight is 274 g/mol. The first-order valence-electron chi connectivity index (χ1n) is 5.26. The normalized spacial score (nSPS) is 10.5. The number of hydrogen-bond acceptors (Lipinski definition) is 7. The van der Waals surface area contributed by atoms with E-state index in [1.807, 2.05) is 0 Å². The van der Waals surface area contributed by atoms with Gasteiger partial charge in [0.2, 0.25) is 5.82 Å². The summed E-state index contributed by atoms with van der Waals surface area (Å²) in [6, 6.07) is 6.23. The maximum Gasteiger partial charge on any atom is 0.266 e. The number of furan rings is 2. The van der Waals surface area contributed by atoms with Gasteiger partial charge in [0.25, 0.3) is 11.6 Å². The Morgan fingerprint density at radius 1 is 1.00 bits per heavy atom. The van der Waals surface area contributed by atoms with E-state index in [0.29, 0.717) is 0 Å². The summed E-state index contributed by atoms with van der Waals surface area (Å²) in [6.45, 7) is 0. The van der Waals surface area contributed by atoms with Gasteiger partial charge in [-0.15, -0.1) is 0 Å². The van der Waals surface area contributed by atoms with Gasteiger partial charge in [0.1, 0.15) is 0 Å². The van der Waals surface area contributed by atoms with Gasteiger partial charge in [0.15, 0.2) is 16.5 Å². The molecule has 0 fully saturated rings. The van der Waals surface area contributed by atoms with Gasteiger partial charge in [-0.05, 0) is 35.8 Å². The lowest BCUT2D eigenvalue weighted by atomic mass is 10.3. The summed E-state index contributed by atoms with van der Waals surface area (Å²) in [5.41, 5.74) is 0. The molecule has 6 nitrogen and oxygen atoms in total. The molecule has 0 atom stereocenters. The largest absolute Gasteiger partial charge is 0.461 e. The zero-order valence-electron chi connectivity index (χ0n) is 9.40. The van der Waals surface area contributed by atoms with Crippen molar-refractivity contribution in [3.05, 3.63) is 59.1 Å². The molecule has 0 N–H and O–H groups in total. The fourth-order valence-electron chi connectivity index (χ4n) is 1.44. The van der Waals surface area contributed by atoms with Crippen LogP contribution in [0.4, 0.5) is 0 Å². The van der Waals surface area contributed by atoms with Crippen LogP contribution in [0, 0.1) is 0 Å². The number of aromatic nitrogens is 2. The lowest BCUT2D eigenvalue weighted by molar-refractivity contribution is 0.1000. The van der Waals surface area contributed by atoms with E-state index >= 15 is 0 Å². The molecule has 0 spiro atoms. The van der Waals surface area contributed by atoms with Gasteiger partial charge in [-0.3, -0.25) is 9.59 Å². The van der Waals surface area contributed by atoms with E-state index in [4.69, 9.17) is 8.83 Å². The Kier molecular flexibility index (Phi) is 2.81. The Hall–Kier alpha value is -2.54. The van der Waals surface area contributed by atoms with E-state index < -0.39 is 11.6 Å². The first-order valence-corrected chi connectivity index (χ1v) is 6.03. The Bertz CT molecular complexity index is 652. The monoisotopic (exact) mass is 274 g/mol. The zero-order valence-corrected chi connectivity index (χ0v) is 10.2. The number of carbonyl (C=O) groups is 2. The summed E-state index contributed by atoms with van der Waals surface area (Å²) in [5.74, 6) is -0.626. The fraction of sp³-hybridized carbons (Fsp3) is 0. The minimum atomic E-state index is -0.459. The molecular formula is C12H6N2O4S. The number of hydrogen-bond donors (Lipinski definition) is 0. The lowest BCUT2D eigenvalue weighted by Crippen LogP contribution is -2.04. The van der Waals surface area contributed by atoms with Crippen LogP contribution >= 0.6 is 11.5 Å². The van der Waals surface area contributed by atoms with Crippen LogP contribution in [0.15, 0.2) is 45.6 Å². The van der Waals surface area contributed by atoms with Crippen molar-refractivity contribution < 1.29 is 18.4 Å². The zero-order chi connectivity index (χ0) is 13.2. The quantitative estimate of drug-likeness (QED) is 0.678. The molecule has 0 aliphatic carbocycles. The van der Waals surface area contributed by atoms with Gasteiger partial charge in [0.05, 0.1) is 12.5 Å². The third kappa shape index (κ3) is 2.11. The number of carbonyl (C=O) groups excluding carboxylic acids is 2. The van der Waals surface area contributed by atoms with E-state index in [1.54, 1.807) is 12.1 Å². The Balaban J connectivity index is 1.88. The molecule has 0 aliphatic rings. The Morgan fingerprint density at radius 2 is 1.63 bits per heavy atom. The van der Waals surface area contributed by atoms with E-state index in [2.05, 4.69) is 9.36 Å². The molecule has 3 aromatic heterocycles. The molecule has 7 heteroatoms. The van der Waals surface area contributed by atoms with Crippen molar-refractivity contribution in [2.45, 2.75) is 0 Å². The number of rotatable bonds is 4. The predicted molar refractivity (Wildman–Crippen MR) is 64.2 cm³/mol. The highest BCUT2D eigenvalue weighted by Gasteiger charge is 2.22. The minimum Gasteiger partial charge on any atom is -0.461 e. The molecule has 0 saturated carbocycles. The molecule has 19 heavy (non-hydrogen) atoms. The summed E-state index contributed by atoms with van der Waals surface area (Å²) in [4.78, 5) is 27.7. The molecule has 0 radical (unpaired) electrons. The maximum absolute atomic E-state index is 11.9. The van der Waals surface area contributed by atoms with Crippen molar-refractivity contribution in [2.24, 2.45) is 0 Å². The Labute approximate surface area is 110 Å². The predicted octanol–water partition coefficient (Wildman–Crippen LogP) is 2.19. The number of ketones is 2. The van der Waals surface area contributed by atoms with Gasteiger partial charge >= 0.3 is 0 Å². The summed E-state index contributed by atoms with van der Waals surface area (Å²) in [5, 5.41) is 0.102. The van der Waals surface area contributed by atoms with Gasteiger partial charge in [-0.1, -0.05) is 0 Å². The third-order valence-corrected chi connectivity index (χ3v) is 3.03. The van der Waals surface area contributed by atoms with Crippen LogP contribution < -0.4 is 0 Å². The second-order valence-corrected chi connectivity index (χ2v) is 4.29. The van der Waals surface area contributed by atoms with Crippen LogP contribution in [0.25, 0.3) is 0 Å². The van der Waals surface area contributed by atoms with Crippen molar-refractivity contribution >= 4 is 23.1 Å². The summed E-state index contributed by atoms with van der Waals surface area (Å²) in [6.07, 6.45) is 2.78. The third-order valence-electron chi connectivity index (χ3n) is 2.31. The van der Waals surface area contributed by atoms with Crippen molar-refractivity contribution in [1.82, 2.24) is 9.36 Å². The molecule has 94 valence electrons. The van der Waals surface area contributed by atoms with Gasteiger partial charge < -0.3 is 8.83 Å². The highest BCUT2D eigenvalue weighted by Crippen LogP contribution is 2.15. The first-order chi connectivity index (χ1) is 9.25. The van der Waals surface area contributed by atoms with Crippen LogP contribution in [0.3, 0.4) is 0 Å². The van der Waals surface area contributed by atoms with Crippen molar-refractivity contribution in [3.63, 3.8) is 0 Å². The lowest BCUT2D eigenvalue weighted by Gasteiger charge is -1.90. The molecule has 0 bridgehead atoms. The van der Waals surface area contributed by atoms with Crippen LogP contribution in [-0.2, 0) is 0 Å². The van der Waals surface area contributed by atoms with Gasteiger partial charge in [-0.2, -0.15) is 4.37 Å². The van der Waals surface area contributed by atoms with E-state index in [-0.39, 0.29) is 22.4 Å². The number of nitrogens with zero attached hydrogens (tertiary/aromatic N) is 2. The highest BCUT2D eigenvalue weighted by molar-refractivity contribution is 7.08. The van der Waals surface area contributed by atoms with E-state index in [1.165, 1.54) is 24.7 Å². The second-order valence-electron chi connectivity index (χ2n) is 3.54. The van der Waals surface area contributed by atoms with E-state index in [0.717, 1.165) is 11.5 Å². The van der Waals surface area contributed by atoms with Crippen molar-refractivity contribution in [3.8, 4) is 0 Å². The summed E-state index contributed by atoms with van der Waals surface area (Å²) >= 11 is 0.848. The van der Waals surface area contributed by atoms with Gasteiger partial charge in [-0.25, -0.2) is 4.98 Å². The molecule has 3 rings (SSSR count). The molecule has 0 aromatic carbocycles. The smallest absolute Gasteiger partial charge is 0.266 e. The SMILES string of the molecule is O=C(c1nsc(C(=O)c2ccco2)n1)c1ccco1. The van der Waals surface area contributed by atoms with E-state index in [9.17, 15) is 9.59 Å². The topological polar surface area (TPSA) is 86.2 Å². The highest BCUT2D eigenvalue weighted by atomic mass is 32.1. The Morgan fingerprint density at radius 3 is 2.21 bits per heavy atom. The molecule has 0 saturated heterocycles. The maximum atomic E-state index is 11.9. The fourth-order valence-corrected chi connectivity index (χ4v) is 2.05. The van der Waals surface area contributed by atoms with Crippen LogP contribution in [-0.4, -0.2) is 20.9 Å². The summed E-state index contributed by atoms with van der Waals surface area (Å²) < 4.78 is 13.8. The minimum absolute atomic E-state index is 0.0603. The van der Waals surface area contributed by atoms with Gasteiger partial charge in [0, 0.05) is 0 Å². The standard InChI is InChI=1S/C12H6N2O4S/c15-9(7-3-1-5-17-7)11-13-12(19-14-11)10(16)8-4-2-6-18-8/h1-6H. The van der Waals surface area contributed by atoms with Crippen LogP contribution in [0.1, 0.15) is 31.9 Å². The van der Waals surface area contributed by atoms with Crippen molar-refractivity contribution in [1.29, 1.82) is 0 Å². The second kappa shape index (κ2) is 4.62. The molecule has 0 amide bonds. The molecular weight excluding hydrogens is 268 g/mol. The molecule has 3 aromatic rings.